The van der Waals surface area contributed by atoms with Crippen LogP contribution in [0.15, 0.2) is 42.0 Å². The Kier molecular flexibility index (Phi) is 11.4. The van der Waals surface area contributed by atoms with Crippen LogP contribution in [0, 0.1) is 11.3 Å². The molecule has 7 nitrogen and oxygen atoms in total. The fourth-order valence-electron chi connectivity index (χ4n) is 4.40. The van der Waals surface area contributed by atoms with E-state index in [1.54, 1.807) is 38.9 Å². The van der Waals surface area contributed by atoms with Crippen LogP contribution >= 0.6 is 0 Å². The largest absolute Gasteiger partial charge is 0.463 e. The summed E-state index contributed by atoms with van der Waals surface area (Å²) < 4.78 is 5.11. The first-order chi connectivity index (χ1) is 16.6. The van der Waals surface area contributed by atoms with E-state index in [0.717, 1.165) is 5.56 Å². The zero-order chi connectivity index (χ0) is 27.8. The number of carbonyl (C=O) groups excluding carboxylic acids is 3. The van der Waals surface area contributed by atoms with Gasteiger partial charge in [0.15, 0.2) is 0 Å². The van der Waals surface area contributed by atoms with Gasteiger partial charge in [0.1, 0.15) is 6.04 Å². The minimum Gasteiger partial charge on any atom is -0.463 e. The van der Waals surface area contributed by atoms with Crippen LogP contribution in [0.3, 0.4) is 0 Å². The molecule has 1 rings (SSSR count). The van der Waals surface area contributed by atoms with Crippen LogP contribution in [0.25, 0.3) is 0 Å². The summed E-state index contributed by atoms with van der Waals surface area (Å²) in [5, 5.41) is 6.21. The molecule has 1 aromatic rings. The van der Waals surface area contributed by atoms with Crippen molar-refractivity contribution in [3.05, 3.63) is 47.5 Å². The van der Waals surface area contributed by atoms with Gasteiger partial charge in [0, 0.05) is 18.0 Å². The Hall–Kier alpha value is -2.67. The first-order valence-corrected chi connectivity index (χ1v) is 12.7. The summed E-state index contributed by atoms with van der Waals surface area (Å²) >= 11 is 0. The lowest BCUT2D eigenvalue weighted by atomic mass is 9.76. The van der Waals surface area contributed by atoms with Crippen molar-refractivity contribution in [2.24, 2.45) is 11.3 Å². The number of nitrogens with zero attached hydrogens (tertiary/aromatic N) is 1. The molecule has 0 saturated heterocycles. The van der Waals surface area contributed by atoms with Crippen molar-refractivity contribution in [2.75, 3.05) is 20.7 Å². The molecule has 0 heterocycles. The molecule has 0 bridgehead atoms. The van der Waals surface area contributed by atoms with Crippen molar-refractivity contribution in [3.63, 3.8) is 0 Å². The fraction of sp³-hybridized carbons (Fsp3) is 0.621. The molecule has 3 atom stereocenters. The average molecular weight is 502 g/mol. The first-order valence-electron chi connectivity index (χ1n) is 12.7. The van der Waals surface area contributed by atoms with Crippen molar-refractivity contribution in [2.45, 2.75) is 85.9 Å². The van der Waals surface area contributed by atoms with Gasteiger partial charge in [0.25, 0.3) is 0 Å². The number of nitrogens with one attached hydrogen (secondary N) is 2. The van der Waals surface area contributed by atoms with E-state index in [2.05, 4.69) is 10.6 Å². The summed E-state index contributed by atoms with van der Waals surface area (Å²) in [4.78, 5) is 41.2. The van der Waals surface area contributed by atoms with Crippen LogP contribution in [0.5, 0.6) is 0 Å². The summed E-state index contributed by atoms with van der Waals surface area (Å²) in [6.45, 7) is 17.6. The smallest absolute Gasteiger partial charge is 0.333 e. The number of esters is 1. The number of amides is 2. The molecule has 0 radical (unpaired) electrons. The van der Waals surface area contributed by atoms with Crippen LogP contribution in [-0.4, -0.2) is 61.5 Å². The number of hydrogen-bond acceptors (Lipinski definition) is 5. The highest BCUT2D eigenvalue weighted by Gasteiger charge is 2.41. The topological polar surface area (TPSA) is 87.7 Å². The number of carbonyl (C=O) groups is 3. The summed E-state index contributed by atoms with van der Waals surface area (Å²) in [6.07, 6.45) is 1.77. The normalized spacial score (nSPS) is 15.2. The summed E-state index contributed by atoms with van der Waals surface area (Å²) in [7, 11) is 3.48. The third-order valence-corrected chi connectivity index (χ3v) is 6.69. The predicted octanol–water partition coefficient (Wildman–Crippen LogP) is 4.08. The number of hydrogen-bond donors (Lipinski definition) is 2. The van der Waals surface area contributed by atoms with Crippen molar-refractivity contribution in [1.29, 1.82) is 0 Å². The van der Waals surface area contributed by atoms with Gasteiger partial charge in [0.05, 0.1) is 18.7 Å². The Bertz CT molecular complexity index is 916. The summed E-state index contributed by atoms with van der Waals surface area (Å²) in [5.74, 6) is -0.811. The molecule has 2 N–H and O–H groups in total. The summed E-state index contributed by atoms with van der Waals surface area (Å²) in [6, 6.07) is 8.19. The molecule has 0 spiro atoms. The second-order valence-corrected chi connectivity index (χ2v) is 11.4. The van der Waals surface area contributed by atoms with Gasteiger partial charge in [-0.2, -0.15) is 0 Å². The third kappa shape index (κ3) is 7.92. The van der Waals surface area contributed by atoms with Crippen LogP contribution in [0.2, 0.25) is 0 Å². The quantitative estimate of drug-likeness (QED) is 0.352. The van der Waals surface area contributed by atoms with Crippen molar-refractivity contribution >= 4 is 17.8 Å². The number of benzene rings is 1. The number of ether oxygens (including phenoxy) is 1. The highest BCUT2D eigenvalue weighted by Crippen LogP contribution is 2.29. The van der Waals surface area contributed by atoms with E-state index in [9.17, 15) is 14.4 Å². The van der Waals surface area contributed by atoms with E-state index in [1.807, 2.05) is 78.8 Å². The standard InChI is InChI=1S/C29H47N3O4/c1-12-36-27(35)20(4)18-22(19(2)3)32(11)26(34)24(28(5,6)7)31-25(33)23(30-10)29(8,9)21-16-14-13-15-17-21/h13-19,22-24,30H,12H2,1-11H3,(H,31,33)/b20-18+/t22-,23-,24?/m1/s1. The highest BCUT2D eigenvalue weighted by molar-refractivity contribution is 5.92. The van der Waals surface area contributed by atoms with Crippen molar-refractivity contribution in [1.82, 2.24) is 15.5 Å². The molecule has 0 aliphatic rings. The molecule has 1 aromatic carbocycles. The van der Waals surface area contributed by atoms with Gasteiger partial charge >= 0.3 is 5.97 Å². The van der Waals surface area contributed by atoms with Gasteiger partial charge in [-0.25, -0.2) is 4.79 Å². The molecular weight excluding hydrogens is 454 g/mol. The Morgan fingerprint density at radius 1 is 1.03 bits per heavy atom. The molecule has 1 unspecified atom stereocenters. The average Bonchev–Trinajstić information content (AvgIpc) is 2.80. The van der Waals surface area contributed by atoms with Gasteiger partial charge in [0.2, 0.25) is 11.8 Å². The molecule has 36 heavy (non-hydrogen) atoms. The lowest BCUT2D eigenvalue weighted by Gasteiger charge is -2.40. The van der Waals surface area contributed by atoms with E-state index in [4.69, 9.17) is 4.74 Å². The van der Waals surface area contributed by atoms with E-state index in [0.29, 0.717) is 5.57 Å². The van der Waals surface area contributed by atoms with Crippen molar-refractivity contribution < 1.29 is 19.1 Å². The van der Waals surface area contributed by atoms with Crippen LogP contribution < -0.4 is 10.6 Å². The minimum absolute atomic E-state index is 0.0433. The molecule has 0 saturated carbocycles. The van der Waals surface area contributed by atoms with Crippen LogP contribution in [-0.2, 0) is 24.5 Å². The maximum atomic E-state index is 13.8. The zero-order valence-corrected chi connectivity index (χ0v) is 24.1. The second-order valence-electron chi connectivity index (χ2n) is 11.4. The summed E-state index contributed by atoms with van der Waals surface area (Å²) in [5.41, 5.74) is 0.413. The van der Waals surface area contributed by atoms with E-state index in [1.165, 1.54) is 0 Å². The Morgan fingerprint density at radius 2 is 1.58 bits per heavy atom. The molecule has 0 aliphatic heterocycles. The van der Waals surface area contributed by atoms with Gasteiger partial charge in [-0.15, -0.1) is 0 Å². The minimum atomic E-state index is -0.769. The Morgan fingerprint density at radius 3 is 2.03 bits per heavy atom. The first kappa shape index (κ1) is 31.4. The maximum Gasteiger partial charge on any atom is 0.333 e. The molecule has 7 heteroatoms. The highest BCUT2D eigenvalue weighted by atomic mass is 16.5. The zero-order valence-electron chi connectivity index (χ0n) is 24.1. The lowest BCUT2D eigenvalue weighted by Crippen LogP contribution is -2.61. The monoisotopic (exact) mass is 501 g/mol. The lowest BCUT2D eigenvalue weighted by molar-refractivity contribution is -0.141. The van der Waals surface area contributed by atoms with Gasteiger partial charge < -0.3 is 20.3 Å². The van der Waals surface area contributed by atoms with Crippen molar-refractivity contribution in [3.8, 4) is 0 Å². The number of likely N-dealkylation sites (N-methyl/N-ethyl adjacent to an activating group) is 2. The molecule has 0 fully saturated rings. The van der Waals surface area contributed by atoms with Crippen LogP contribution in [0.1, 0.15) is 67.9 Å². The molecule has 0 aliphatic carbocycles. The van der Waals surface area contributed by atoms with E-state index < -0.39 is 28.9 Å². The van der Waals surface area contributed by atoms with E-state index >= 15 is 0 Å². The predicted molar refractivity (Wildman–Crippen MR) is 145 cm³/mol. The van der Waals surface area contributed by atoms with Gasteiger partial charge in [-0.1, -0.05) is 84.9 Å². The van der Waals surface area contributed by atoms with Crippen LogP contribution in [0.4, 0.5) is 0 Å². The Balaban J connectivity index is 3.28. The number of rotatable bonds is 11. The second kappa shape index (κ2) is 13.0. The third-order valence-electron chi connectivity index (χ3n) is 6.69. The molecule has 2 amide bonds. The fourth-order valence-corrected chi connectivity index (χ4v) is 4.40. The SMILES string of the molecule is CCOC(=O)/C(C)=C/[C@H](C(C)C)N(C)C(=O)C(NC(=O)[C@@H](NC)C(C)(C)c1ccccc1)C(C)(C)C. The van der Waals surface area contributed by atoms with Gasteiger partial charge in [-0.3, -0.25) is 9.59 Å². The maximum absolute atomic E-state index is 13.8. The molecular formula is C29H47N3O4. The van der Waals surface area contributed by atoms with E-state index in [-0.39, 0.29) is 30.4 Å². The Labute approximate surface area is 218 Å². The van der Waals surface area contributed by atoms with Gasteiger partial charge in [-0.05, 0) is 37.8 Å². The molecule has 202 valence electrons. The molecule has 0 aromatic heterocycles.